The molecule has 0 saturated carbocycles. The van der Waals surface area contributed by atoms with Crippen molar-refractivity contribution >= 4 is 17.2 Å². The Hall–Kier alpha value is -1.76. The van der Waals surface area contributed by atoms with E-state index < -0.39 is 0 Å². The topological polar surface area (TPSA) is 72.1 Å². The molecule has 0 aliphatic carbocycles. The Morgan fingerprint density at radius 3 is 2.96 bits per heavy atom. The highest BCUT2D eigenvalue weighted by Crippen LogP contribution is 2.26. The summed E-state index contributed by atoms with van der Waals surface area (Å²) in [5.74, 6) is 1.94. The van der Waals surface area contributed by atoms with E-state index in [0.717, 1.165) is 42.3 Å². The van der Waals surface area contributed by atoms with Crippen molar-refractivity contribution in [1.82, 2.24) is 20.0 Å². The van der Waals surface area contributed by atoms with Gasteiger partial charge in [-0.2, -0.15) is 4.98 Å². The molecule has 0 N–H and O–H groups in total. The first-order chi connectivity index (χ1) is 11.6. The van der Waals surface area contributed by atoms with E-state index in [1.165, 1.54) is 0 Å². The molecule has 0 unspecified atom stereocenters. The molecule has 0 aromatic carbocycles. The number of carbonyl (C=O) groups excluding carboxylic acids is 1. The van der Waals surface area contributed by atoms with Gasteiger partial charge in [0.05, 0.1) is 17.1 Å². The summed E-state index contributed by atoms with van der Waals surface area (Å²) in [5.41, 5.74) is 0.880. The number of rotatable bonds is 5. The zero-order valence-electron chi connectivity index (χ0n) is 14.5. The maximum absolute atomic E-state index is 12.6. The molecule has 0 radical (unpaired) electrons. The van der Waals surface area contributed by atoms with Crippen LogP contribution in [0.25, 0.3) is 0 Å². The van der Waals surface area contributed by atoms with Crippen LogP contribution in [0.15, 0.2) is 9.90 Å². The maximum Gasteiger partial charge on any atom is 0.229 e. The van der Waals surface area contributed by atoms with Gasteiger partial charge in [0, 0.05) is 30.3 Å². The summed E-state index contributed by atoms with van der Waals surface area (Å²) in [6, 6.07) is 0. The lowest BCUT2D eigenvalue weighted by Crippen LogP contribution is -2.40. The van der Waals surface area contributed by atoms with Gasteiger partial charge in [-0.15, -0.1) is 11.3 Å². The smallest absolute Gasteiger partial charge is 0.229 e. The summed E-state index contributed by atoms with van der Waals surface area (Å²) < 4.78 is 5.31. The highest BCUT2D eigenvalue weighted by atomic mass is 32.1. The molecule has 1 aliphatic rings. The van der Waals surface area contributed by atoms with Crippen LogP contribution in [0.3, 0.4) is 0 Å². The van der Waals surface area contributed by atoms with Crippen LogP contribution in [0, 0.1) is 0 Å². The summed E-state index contributed by atoms with van der Waals surface area (Å²) in [4.78, 5) is 23.5. The van der Waals surface area contributed by atoms with E-state index >= 15 is 0 Å². The van der Waals surface area contributed by atoms with Crippen LogP contribution >= 0.6 is 11.3 Å². The average Bonchev–Trinajstić information content (AvgIpc) is 3.24. The van der Waals surface area contributed by atoms with E-state index in [4.69, 9.17) is 4.52 Å². The second-order valence-corrected chi connectivity index (χ2v) is 7.53. The van der Waals surface area contributed by atoms with Gasteiger partial charge in [0.15, 0.2) is 5.82 Å². The molecule has 6 nitrogen and oxygen atoms in total. The molecule has 2 aromatic rings. The van der Waals surface area contributed by atoms with Crippen molar-refractivity contribution in [3.63, 3.8) is 0 Å². The van der Waals surface area contributed by atoms with E-state index in [9.17, 15) is 4.79 Å². The molecule has 2 aromatic heterocycles. The number of hydrogen-bond acceptors (Lipinski definition) is 6. The third kappa shape index (κ3) is 3.83. The largest absolute Gasteiger partial charge is 0.342 e. The van der Waals surface area contributed by atoms with E-state index in [-0.39, 0.29) is 17.7 Å². The molecule has 1 saturated heterocycles. The first-order valence-electron chi connectivity index (χ1n) is 8.61. The second kappa shape index (κ2) is 7.42. The Morgan fingerprint density at radius 2 is 2.29 bits per heavy atom. The minimum Gasteiger partial charge on any atom is -0.342 e. The number of nitrogens with zero attached hydrogens (tertiary/aromatic N) is 4. The fourth-order valence-electron chi connectivity index (χ4n) is 2.92. The van der Waals surface area contributed by atoms with E-state index in [1.54, 1.807) is 11.3 Å². The lowest BCUT2D eigenvalue weighted by atomic mass is 9.97. The van der Waals surface area contributed by atoms with Gasteiger partial charge in [0.2, 0.25) is 11.8 Å². The van der Waals surface area contributed by atoms with Crippen molar-refractivity contribution in [1.29, 1.82) is 0 Å². The number of aryl methyl sites for hydroxylation is 1. The molecule has 3 rings (SSSR count). The van der Waals surface area contributed by atoms with Crippen molar-refractivity contribution in [2.45, 2.75) is 58.3 Å². The summed E-state index contributed by atoms with van der Waals surface area (Å²) in [6.07, 6.45) is 3.27. The quantitative estimate of drug-likeness (QED) is 0.830. The van der Waals surface area contributed by atoms with Crippen LogP contribution in [0.1, 0.15) is 67.9 Å². The molecule has 1 fully saturated rings. The normalized spacial score (nSPS) is 18.3. The minimum atomic E-state index is 0.139. The fourth-order valence-corrected chi connectivity index (χ4v) is 3.67. The van der Waals surface area contributed by atoms with Gasteiger partial charge in [-0.25, -0.2) is 4.98 Å². The van der Waals surface area contributed by atoms with Crippen molar-refractivity contribution in [2.75, 3.05) is 13.1 Å². The van der Waals surface area contributed by atoms with E-state index in [2.05, 4.69) is 22.0 Å². The van der Waals surface area contributed by atoms with Gasteiger partial charge >= 0.3 is 0 Å². The Bertz CT molecular complexity index is 694. The number of hydrogen-bond donors (Lipinski definition) is 0. The van der Waals surface area contributed by atoms with Gasteiger partial charge in [0.1, 0.15) is 0 Å². The van der Waals surface area contributed by atoms with Gasteiger partial charge < -0.3 is 9.42 Å². The molecule has 3 heterocycles. The first kappa shape index (κ1) is 17.1. The highest BCUT2D eigenvalue weighted by molar-refractivity contribution is 7.09. The van der Waals surface area contributed by atoms with Gasteiger partial charge in [-0.3, -0.25) is 4.79 Å². The number of thiazole rings is 1. The van der Waals surface area contributed by atoms with E-state index in [0.29, 0.717) is 18.9 Å². The Labute approximate surface area is 146 Å². The standard InChI is InChI=1S/C17H24N4O2S/c1-4-14-18-13(10-24-14)8-15(22)21-7-5-6-12(9-21)16-19-17(11(2)3)23-20-16/h10-12H,4-9H2,1-3H3/t12-/m1/s1. The van der Waals surface area contributed by atoms with Gasteiger partial charge in [0.25, 0.3) is 0 Å². The van der Waals surface area contributed by atoms with Gasteiger partial charge in [-0.05, 0) is 19.3 Å². The predicted molar refractivity (Wildman–Crippen MR) is 92.1 cm³/mol. The Balaban J connectivity index is 1.62. The monoisotopic (exact) mass is 348 g/mol. The Morgan fingerprint density at radius 1 is 1.46 bits per heavy atom. The lowest BCUT2D eigenvalue weighted by Gasteiger charge is -2.31. The second-order valence-electron chi connectivity index (χ2n) is 6.59. The van der Waals surface area contributed by atoms with Crippen molar-refractivity contribution in [2.24, 2.45) is 0 Å². The summed E-state index contributed by atoms with van der Waals surface area (Å²) in [5, 5.41) is 7.20. The predicted octanol–water partition coefficient (Wildman–Crippen LogP) is 3.16. The summed E-state index contributed by atoms with van der Waals surface area (Å²) in [7, 11) is 0. The molecule has 7 heteroatoms. The third-order valence-corrected chi connectivity index (χ3v) is 5.37. The minimum absolute atomic E-state index is 0.139. The van der Waals surface area contributed by atoms with Crippen molar-refractivity contribution in [3.05, 3.63) is 27.8 Å². The molecule has 1 atom stereocenters. The lowest BCUT2D eigenvalue weighted by molar-refractivity contribution is -0.131. The number of piperidine rings is 1. The van der Waals surface area contributed by atoms with Crippen LogP contribution in [0.2, 0.25) is 0 Å². The fraction of sp³-hybridized carbons (Fsp3) is 0.647. The zero-order chi connectivity index (χ0) is 17.1. The average molecular weight is 348 g/mol. The zero-order valence-corrected chi connectivity index (χ0v) is 15.3. The maximum atomic E-state index is 12.6. The molecule has 0 spiro atoms. The third-order valence-electron chi connectivity index (χ3n) is 4.32. The van der Waals surface area contributed by atoms with Crippen molar-refractivity contribution < 1.29 is 9.32 Å². The number of likely N-dealkylation sites (tertiary alicyclic amines) is 1. The van der Waals surface area contributed by atoms with Crippen molar-refractivity contribution in [3.8, 4) is 0 Å². The van der Waals surface area contributed by atoms with E-state index in [1.807, 2.05) is 24.1 Å². The molecule has 1 amide bonds. The summed E-state index contributed by atoms with van der Waals surface area (Å²) in [6.45, 7) is 7.62. The SMILES string of the molecule is CCc1nc(CC(=O)N2CCC[C@@H](c3noc(C(C)C)n3)C2)cs1. The van der Waals surface area contributed by atoms with Gasteiger partial charge in [-0.1, -0.05) is 25.9 Å². The molecule has 1 aliphatic heterocycles. The number of carbonyl (C=O) groups is 1. The van der Waals surface area contributed by atoms with Crippen LogP contribution < -0.4 is 0 Å². The molecular formula is C17H24N4O2S. The van der Waals surface area contributed by atoms with Crippen LogP contribution in [0.4, 0.5) is 0 Å². The first-order valence-corrected chi connectivity index (χ1v) is 9.49. The molecule has 130 valence electrons. The molecule has 24 heavy (non-hydrogen) atoms. The summed E-state index contributed by atoms with van der Waals surface area (Å²) >= 11 is 1.63. The number of amides is 1. The molecule has 0 bridgehead atoms. The Kier molecular flexibility index (Phi) is 5.28. The molecular weight excluding hydrogens is 324 g/mol. The van der Waals surface area contributed by atoms with Crippen LogP contribution in [-0.4, -0.2) is 39.0 Å². The number of aromatic nitrogens is 3. The highest BCUT2D eigenvalue weighted by Gasteiger charge is 2.28. The van der Waals surface area contributed by atoms with Crippen LogP contribution in [-0.2, 0) is 17.6 Å². The van der Waals surface area contributed by atoms with Crippen LogP contribution in [0.5, 0.6) is 0 Å².